The van der Waals surface area contributed by atoms with E-state index in [1.165, 1.54) is 0 Å². The number of amides is 1. The molecule has 0 unspecified atom stereocenters. The summed E-state index contributed by atoms with van der Waals surface area (Å²) in [7, 11) is 1.64. The molecule has 1 amide bonds. The summed E-state index contributed by atoms with van der Waals surface area (Å²) < 4.78 is 5.20. The average molecular weight is 279 g/mol. The fraction of sp³-hybridized carbons (Fsp3) is 0.600. The van der Waals surface area contributed by atoms with E-state index in [0.29, 0.717) is 19.5 Å². The molecule has 0 saturated carbocycles. The lowest BCUT2D eigenvalue weighted by Gasteiger charge is -2.20. The van der Waals surface area contributed by atoms with Crippen molar-refractivity contribution < 1.29 is 9.53 Å². The molecule has 1 aromatic heterocycles. The predicted molar refractivity (Wildman–Crippen MR) is 79.7 cm³/mol. The predicted octanol–water partition coefficient (Wildman–Crippen LogP) is 1.79. The summed E-state index contributed by atoms with van der Waals surface area (Å²) in [5.74, 6) is 0.861. The Morgan fingerprint density at radius 3 is 2.65 bits per heavy atom. The third kappa shape index (κ3) is 6.52. The minimum atomic E-state index is -0.178. The van der Waals surface area contributed by atoms with Crippen molar-refractivity contribution in [1.82, 2.24) is 15.6 Å². The van der Waals surface area contributed by atoms with E-state index in [0.717, 1.165) is 17.1 Å². The Labute approximate surface area is 121 Å². The Morgan fingerprint density at radius 2 is 2.05 bits per heavy atom. The lowest BCUT2D eigenvalue weighted by molar-refractivity contribution is -0.122. The van der Waals surface area contributed by atoms with Crippen molar-refractivity contribution in [2.45, 2.75) is 46.2 Å². The van der Waals surface area contributed by atoms with Crippen LogP contribution in [0, 0.1) is 6.92 Å². The molecule has 0 spiro atoms. The lowest BCUT2D eigenvalue weighted by atomic mass is 10.1. The molecule has 0 atom stereocenters. The molecule has 0 bridgehead atoms. The second kappa shape index (κ2) is 7.24. The zero-order chi connectivity index (χ0) is 15.2. The van der Waals surface area contributed by atoms with E-state index in [9.17, 15) is 4.79 Å². The first-order valence-electron chi connectivity index (χ1n) is 6.83. The van der Waals surface area contributed by atoms with Crippen molar-refractivity contribution in [3.8, 4) is 5.75 Å². The van der Waals surface area contributed by atoms with Crippen LogP contribution in [0.2, 0.25) is 0 Å². The molecule has 1 rings (SSSR count). The molecular weight excluding hydrogens is 254 g/mol. The highest BCUT2D eigenvalue weighted by Gasteiger charge is 2.12. The minimum absolute atomic E-state index is 0.0554. The molecule has 0 aromatic carbocycles. The number of rotatable bonds is 6. The number of carbonyl (C=O) groups is 1. The second-order valence-corrected chi connectivity index (χ2v) is 5.86. The molecule has 112 valence electrons. The van der Waals surface area contributed by atoms with Crippen molar-refractivity contribution in [2.75, 3.05) is 13.7 Å². The summed E-state index contributed by atoms with van der Waals surface area (Å²) >= 11 is 0. The van der Waals surface area contributed by atoms with E-state index in [1.54, 1.807) is 7.11 Å². The summed E-state index contributed by atoms with van der Waals surface area (Å²) in [6, 6.07) is 3.79. The number of aryl methyl sites for hydroxylation is 1. The number of nitrogens with zero attached hydrogens (tertiary/aromatic N) is 1. The Bertz CT molecular complexity index is 453. The van der Waals surface area contributed by atoms with Gasteiger partial charge in [-0.1, -0.05) is 0 Å². The monoisotopic (exact) mass is 279 g/mol. The number of carbonyl (C=O) groups excluding carboxylic acids is 1. The Balaban J connectivity index is 2.34. The van der Waals surface area contributed by atoms with Gasteiger partial charge < -0.3 is 15.4 Å². The van der Waals surface area contributed by atoms with Gasteiger partial charge in [-0.05, 0) is 27.7 Å². The Morgan fingerprint density at radius 1 is 1.35 bits per heavy atom. The minimum Gasteiger partial charge on any atom is -0.497 e. The molecule has 1 aromatic rings. The van der Waals surface area contributed by atoms with Gasteiger partial charge in [-0.3, -0.25) is 9.78 Å². The third-order valence-corrected chi connectivity index (χ3v) is 2.57. The molecule has 0 aliphatic carbocycles. The number of hydrogen-bond acceptors (Lipinski definition) is 4. The standard InChI is InChI=1S/C15H25N3O2/c1-11-8-13(20-5)9-12(17-11)10-16-7-6-14(19)18-15(2,3)4/h8-9,16H,6-7,10H2,1-5H3,(H,18,19). The van der Waals surface area contributed by atoms with E-state index in [1.807, 2.05) is 39.8 Å². The van der Waals surface area contributed by atoms with Crippen LogP contribution < -0.4 is 15.4 Å². The summed E-state index contributed by atoms with van der Waals surface area (Å²) in [5.41, 5.74) is 1.66. The van der Waals surface area contributed by atoms with E-state index >= 15 is 0 Å². The zero-order valence-corrected chi connectivity index (χ0v) is 13.0. The molecular formula is C15H25N3O2. The molecule has 5 nitrogen and oxygen atoms in total. The fourth-order valence-electron chi connectivity index (χ4n) is 1.81. The number of pyridine rings is 1. The van der Waals surface area contributed by atoms with Crippen molar-refractivity contribution in [3.63, 3.8) is 0 Å². The zero-order valence-electron chi connectivity index (χ0n) is 13.0. The largest absolute Gasteiger partial charge is 0.497 e. The first-order chi connectivity index (χ1) is 9.30. The summed E-state index contributed by atoms with van der Waals surface area (Å²) in [6.45, 7) is 9.10. The van der Waals surface area contributed by atoms with E-state index in [4.69, 9.17) is 4.74 Å². The van der Waals surface area contributed by atoms with Crippen molar-refractivity contribution in [3.05, 3.63) is 23.5 Å². The maximum Gasteiger partial charge on any atom is 0.221 e. The Hall–Kier alpha value is -1.62. The van der Waals surface area contributed by atoms with Crippen LogP contribution >= 0.6 is 0 Å². The van der Waals surface area contributed by atoms with Crippen LogP contribution in [0.5, 0.6) is 5.75 Å². The number of methoxy groups -OCH3 is 1. The van der Waals surface area contributed by atoms with Crippen LogP contribution in [0.25, 0.3) is 0 Å². The lowest BCUT2D eigenvalue weighted by Crippen LogP contribution is -2.41. The van der Waals surface area contributed by atoms with Gasteiger partial charge in [0.25, 0.3) is 0 Å². The topological polar surface area (TPSA) is 63.2 Å². The van der Waals surface area contributed by atoms with Crippen LogP contribution in [-0.4, -0.2) is 30.1 Å². The van der Waals surface area contributed by atoms with Crippen molar-refractivity contribution in [1.29, 1.82) is 0 Å². The molecule has 0 radical (unpaired) electrons. The second-order valence-electron chi connectivity index (χ2n) is 5.86. The van der Waals surface area contributed by atoms with Gasteiger partial charge in [-0.15, -0.1) is 0 Å². The van der Waals surface area contributed by atoms with E-state index < -0.39 is 0 Å². The van der Waals surface area contributed by atoms with Crippen LogP contribution in [0.15, 0.2) is 12.1 Å². The summed E-state index contributed by atoms with van der Waals surface area (Å²) in [6.07, 6.45) is 0.459. The third-order valence-electron chi connectivity index (χ3n) is 2.57. The normalized spacial score (nSPS) is 11.2. The molecule has 1 heterocycles. The van der Waals surface area contributed by atoms with Crippen LogP contribution in [0.1, 0.15) is 38.6 Å². The first kappa shape index (κ1) is 16.4. The molecule has 0 aliphatic heterocycles. The van der Waals surface area contributed by atoms with Gasteiger partial charge in [0, 0.05) is 42.9 Å². The van der Waals surface area contributed by atoms with Crippen LogP contribution in [-0.2, 0) is 11.3 Å². The van der Waals surface area contributed by atoms with Gasteiger partial charge in [0.15, 0.2) is 0 Å². The number of ether oxygens (including phenoxy) is 1. The number of aromatic nitrogens is 1. The van der Waals surface area contributed by atoms with E-state index in [-0.39, 0.29) is 11.4 Å². The highest BCUT2D eigenvalue weighted by atomic mass is 16.5. The van der Waals surface area contributed by atoms with Crippen LogP contribution in [0.4, 0.5) is 0 Å². The summed E-state index contributed by atoms with van der Waals surface area (Å²) in [5, 5.41) is 6.15. The van der Waals surface area contributed by atoms with Gasteiger partial charge in [0.05, 0.1) is 12.8 Å². The molecule has 5 heteroatoms. The SMILES string of the molecule is COc1cc(C)nc(CNCCC(=O)NC(C)(C)C)c1. The molecule has 2 N–H and O–H groups in total. The van der Waals surface area contributed by atoms with Crippen molar-refractivity contribution in [2.24, 2.45) is 0 Å². The molecule has 20 heavy (non-hydrogen) atoms. The van der Waals surface area contributed by atoms with Gasteiger partial charge in [-0.25, -0.2) is 0 Å². The number of nitrogens with one attached hydrogen (secondary N) is 2. The van der Waals surface area contributed by atoms with Gasteiger partial charge in [0.2, 0.25) is 5.91 Å². The highest BCUT2D eigenvalue weighted by molar-refractivity contribution is 5.76. The van der Waals surface area contributed by atoms with Gasteiger partial charge >= 0.3 is 0 Å². The Kier molecular flexibility index (Phi) is 5.95. The maximum absolute atomic E-state index is 11.6. The molecule has 0 fully saturated rings. The molecule has 0 saturated heterocycles. The molecule has 0 aliphatic rings. The smallest absolute Gasteiger partial charge is 0.221 e. The quantitative estimate of drug-likeness (QED) is 0.779. The van der Waals surface area contributed by atoms with Crippen molar-refractivity contribution >= 4 is 5.91 Å². The van der Waals surface area contributed by atoms with Gasteiger partial charge in [-0.2, -0.15) is 0 Å². The van der Waals surface area contributed by atoms with Gasteiger partial charge in [0.1, 0.15) is 5.75 Å². The fourth-order valence-corrected chi connectivity index (χ4v) is 1.81. The highest BCUT2D eigenvalue weighted by Crippen LogP contribution is 2.12. The maximum atomic E-state index is 11.6. The summed E-state index contributed by atoms with van der Waals surface area (Å²) in [4.78, 5) is 16.1. The van der Waals surface area contributed by atoms with E-state index in [2.05, 4.69) is 15.6 Å². The van der Waals surface area contributed by atoms with Crippen LogP contribution in [0.3, 0.4) is 0 Å². The average Bonchev–Trinajstić information content (AvgIpc) is 2.32. The number of hydrogen-bond donors (Lipinski definition) is 2. The first-order valence-corrected chi connectivity index (χ1v) is 6.83.